The number of hydrogen-bond acceptors (Lipinski definition) is 3. The molecule has 0 radical (unpaired) electrons. The molecule has 0 bridgehead atoms. The SMILES string of the molecule is CCOC(=O)Cc1cc(OC(F)(F)F)cc(C(F)(F)F)c1. The van der Waals surface area contributed by atoms with E-state index in [0.717, 1.165) is 0 Å². The standard InChI is InChI=1S/C12H10F6O3/c1-2-20-10(19)5-7-3-8(11(13,14)15)6-9(4-7)21-12(16,17)18/h3-4,6H,2,5H2,1H3. The summed E-state index contributed by atoms with van der Waals surface area (Å²) in [5.41, 5.74) is -1.63. The first-order valence-electron chi connectivity index (χ1n) is 5.64. The van der Waals surface area contributed by atoms with Crippen LogP contribution in [0.4, 0.5) is 26.3 Å². The Labute approximate surface area is 115 Å². The van der Waals surface area contributed by atoms with Crippen LogP contribution in [0.25, 0.3) is 0 Å². The number of rotatable bonds is 4. The van der Waals surface area contributed by atoms with E-state index < -0.39 is 36.2 Å². The van der Waals surface area contributed by atoms with Crippen molar-refractivity contribution in [2.45, 2.75) is 25.9 Å². The molecule has 0 saturated heterocycles. The molecule has 0 aliphatic carbocycles. The van der Waals surface area contributed by atoms with Crippen LogP contribution in [0.5, 0.6) is 5.75 Å². The number of alkyl halides is 6. The predicted octanol–water partition coefficient (Wildman–Crippen LogP) is 3.71. The molecule has 9 heteroatoms. The van der Waals surface area contributed by atoms with Crippen molar-refractivity contribution in [3.63, 3.8) is 0 Å². The van der Waals surface area contributed by atoms with E-state index in [0.29, 0.717) is 12.1 Å². The van der Waals surface area contributed by atoms with Gasteiger partial charge in [-0.1, -0.05) is 0 Å². The summed E-state index contributed by atoms with van der Waals surface area (Å²) >= 11 is 0. The third-order valence-electron chi connectivity index (χ3n) is 2.18. The molecule has 21 heavy (non-hydrogen) atoms. The normalized spacial score (nSPS) is 12.1. The van der Waals surface area contributed by atoms with Gasteiger partial charge in [-0.15, -0.1) is 13.2 Å². The molecule has 1 aromatic carbocycles. The minimum Gasteiger partial charge on any atom is -0.466 e. The van der Waals surface area contributed by atoms with Crippen LogP contribution in [0, 0.1) is 0 Å². The molecule has 0 aliphatic heterocycles. The van der Waals surface area contributed by atoms with Crippen molar-refractivity contribution in [2.75, 3.05) is 6.61 Å². The number of carbonyl (C=O) groups excluding carboxylic acids is 1. The quantitative estimate of drug-likeness (QED) is 0.627. The first kappa shape index (κ1) is 17.1. The monoisotopic (exact) mass is 316 g/mol. The average molecular weight is 316 g/mol. The third-order valence-corrected chi connectivity index (χ3v) is 2.18. The maximum atomic E-state index is 12.6. The first-order valence-corrected chi connectivity index (χ1v) is 5.64. The minimum absolute atomic E-state index is 0.00367. The maximum absolute atomic E-state index is 12.6. The Balaban J connectivity index is 3.12. The van der Waals surface area contributed by atoms with Gasteiger partial charge in [0.15, 0.2) is 0 Å². The summed E-state index contributed by atoms with van der Waals surface area (Å²) in [6, 6.07) is 1.49. The number of halogens is 6. The molecule has 0 amide bonds. The van der Waals surface area contributed by atoms with Gasteiger partial charge in [0.05, 0.1) is 18.6 Å². The van der Waals surface area contributed by atoms with E-state index in [1.807, 2.05) is 0 Å². The van der Waals surface area contributed by atoms with E-state index in [4.69, 9.17) is 0 Å². The van der Waals surface area contributed by atoms with Crippen LogP contribution >= 0.6 is 0 Å². The topological polar surface area (TPSA) is 35.5 Å². The van der Waals surface area contributed by atoms with Gasteiger partial charge in [-0.3, -0.25) is 4.79 Å². The molecule has 0 aliphatic rings. The highest BCUT2D eigenvalue weighted by Crippen LogP contribution is 2.34. The van der Waals surface area contributed by atoms with Gasteiger partial charge in [0.25, 0.3) is 0 Å². The average Bonchev–Trinajstić information content (AvgIpc) is 2.24. The Bertz CT molecular complexity index is 507. The van der Waals surface area contributed by atoms with Gasteiger partial charge >= 0.3 is 18.5 Å². The highest BCUT2D eigenvalue weighted by Gasteiger charge is 2.35. The molecular weight excluding hydrogens is 306 g/mol. The fraction of sp³-hybridized carbons (Fsp3) is 0.417. The lowest BCUT2D eigenvalue weighted by Crippen LogP contribution is -2.18. The third kappa shape index (κ3) is 5.92. The van der Waals surface area contributed by atoms with Gasteiger partial charge in [0.2, 0.25) is 0 Å². The number of esters is 1. The number of hydrogen-bond donors (Lipinski definition) is 0. The van der Waals surface area contributed by atoms with Crippen LogP contribution in [0.15, 0.2) is 18.2 Å². The lowest BCUT2D eigenvalue weighted by atomic mass is 10.1. The molecule has 0 saturated carbocycles. The van der Waals surface area contributed by atoms with Gasteiger partial charge in [0, 0.05) is 0 Å². The second-order valence-corrected chi connectivity index (χ2v) is 3.89. The smallest absolute Gasteiger partial charge is 0.466 e. The van der Waals surface area contributed by atoms with Gasteiger partial charge in [-0.05, 0) is 30.7 Å². The molecule has 0 heterocycles. The summed E-state index contributed by atoms with van der Waals surface area (Å²) in [6.45, 7) is 1.49. The van der Waals surface area contributed by atoms with Crippen LogP contribution < -0.4 is 4.74 Å². The molecule has 1 rings (SSSR count). The Morgan fingerprint density at radius 1 is 1.10 bits per heavy atom. The maximum Gasteiger partial charge on any atom is 0.573 e. The zero-order valence-electron chi connectivity index (χ0n) is 10.6. The van der Waals surface area contributed by atoms with E-state index in [1.165, 1.54) is 6.92 Å². The number of carbonyl (C=O) groups is 1. The lowest BCUT2D eigenvalue weighted by molar-refractivity contribution is -0.274. The first-order chi connectivity index (χ1) is 9.51. The van der Waals surface area contributed by atoms with E-state index in [9.17, 15) is 31.1 Å². The largest absolute Gasteiger partial charge is 0.573 e. The van der Waals surface area contributed by atoms with Crippen molar-refractivity contribution in [3.8, 4) is 5.75 Å². The zero-order chi connectivity index (χ0) is 16.3. The van der Waals surface area contributed by atoms with Crippen molar-refractivity contribution in [1.29, 1.82) is 0 Å². The fourth-order valence-electron chi connectivity index (χ4n) is 1.50. The molecule has 0 atom stereocenters. The van der Waals surface area contributed by atoms with Gasteiger partial charge in [-0.2, -0.15) is 13.2 Å². The molecule has 0 spiro atoms. The van der Waals surface area contributed by atoms with Gasteiger partial charge in [-0.25, -0.2) is 0 Å². The Morgan fingerprint density at radius 2 is 1.71 bits per heavy atom. The second-order valence-electron chi connectivity index (χ2n) is 3.89. The second kappa shape index (κ2) is 6.23. The van der Waals surface area contributed by atoms with Crippen LogP contribution in [0.3, 0.4) is 0 Å². The van der Waals surface area contributed by atoms with Crippen LogP contribution in [-0.2, 0) is 22.1 Å². The fourth-order valence-corrected chi connectivity index (χ4v) is 1.50. The van der Waals surface area contributed by atoms with Crippen molar-refractivity contribution < 1.29 is 40.6 Å². The van der Waals surface area contributed by atoms with E-state index in [1.54, 1.807) is 0 Å². The van der Waals surface area contributed by atoms with Gasteiger partial charge < -0.3 is 9.47 Å². The van der Waals surface area contributed by atoms with Crippen molar-refractivity contribution in [1.82, 2.24) is 0 Å². The zero-order valence-corrected chi connectivity index (χ0v) is 10.6. The van der Waals surface area contributed by atoms with Crippen LogP contribution in [-0.4, -0.2) is 18.9 Å². The Kier molecular flexibility index (Phi) is 5.08. The molecule has 0 unspecified atom stereocenters. The molecule has 0 N–H and O–H groups in total. The van der Waals surface area contributed by atoms with Crippen molar-refractivity contribution in [3.05, 3.63) is 29.3 Å². The Hall–Kier alpha value is -1.93. The highest BCUT2D eigenvalue weighted by molar-refractivity contribution is 5.72. The van der Waals surface area contributed by atoms with E-state index in [-0.39, 0.29) is 18.2 Å². The lowest BCUT2D eigenvalue weighted by Gasteiger charge is -2.14. The predicted molar refractivity (Wildman–Crippen MR) is 58.5 cm³/mol. The molecule has 0 aromatic heterocycles. The van der Waals surface area contributed by atoms with E-state index >= 15 is 0 Å². The summed E-state index contributed by atoms with van der Waals surface area (Å²) in [6.07, 6.45) is -10.6. The number of ether oxygens (including phenoxy) is 2. The summed E-state index contributed by atoms with van der Waals surface area (Å²) < 4.78 is 82.1. The van der Waals surface area contributed by atoms with Gasteiger partial charge in [0.1, 0.15) is 5.75 Å². The van der Waals surface area contributed by atoms with Crippen molar-refractivity contribution in [2.24, 2.45) is 0 Å². The van der Waals surface area contributed by atoms with Crippen LogP contribution in [0.1, 0.15) is 18.1 Å². The Morgan fingerprint density at radius 3 is 2.19 bits per heavy atom. The molecule has 118 valence electrons. The number of benzene rings is 1. The van der Waals surface area contributed by atoms with E-state index in [2.05, 4.69) is 9.47 Å². The summed E-state index contributed by atoms with van der Waals surface area (Å²) in [5.74, 6) is -1.90. The molecular formula is C12H10F6O3. The summed E-state index contributed by atoms with van der Waals surface area (Å²) in [4.78, 5) is 11.2. The summed E-state index contributed by atoms with van der Waals surface area (Å²) in [7, 11) is 0. The minimum atomic E-state index is -5.13. The highest BCUT2D eigenvalue weighted by atomic mass is 19.4. The van der Waals surface area contributed by atoms with Crippen LogP contribution in [0.2, 0.25) is 0 Å². The molecule has 1 aromatic rings. The molecule has 0 fully saturated rings. The molecule has 3 nitrogen and oxygen atoms in total. The van der Waals surface area contributed by atoms with Crippen molar-refractivity contribution >= 4 is 5.97 Å². The summed E-state index contributed by atoms with van der Waals surface area (Å²) in [5, 5.41) is 0.